The predicted octanol–water partition coefficient (Wildman–Crippen LogP) is 3.62. The van der Waals surface area contributed by atoms with Gasteiger partial charge in [0.1, 0.15) is 5.75 Å². The van der Waals surface area contributed by atoms with Gasteiger partial charge in [-0.2, -0.15) is 0 Å². The Morgan fingerprint density at radius 1 is 1.19 bits per heavy atom. The average Bonchev–Trinajstić information content (AvgIpc) is 3.37. The first-order valence-corrected chi connectivity index (χ1v) is 10.8. The minimum absolute atomic E-state index is 0.162. The summed E-state index contributed by atoms with van der Waals surface area (Å²) in [6.45, 7) is 2.86. The van der Waals surface area contributed by atoms with Crippen molar-refractivity contribution in [3.8, 4) is 17.3 Å². The van der Waals surface area contributed by atoms with E-state index in [4.69, 9.17) is 9.15 Å². The van der Waals surface area contributed by atoms with Gasteiger partial charge in [-0.05, 0) is 48.7 Å². The monoisotopic (exact) mass is 432 g/mol. The summed E-state index contributed by atoms with van der Waals surface area (Å²) in [4.78, 5) is 26.0. The summed E-state index contributed by atoms with van der Waals surface area (Å²) in [5, 5.41) is 9.19. The van der Waals surface area contributed by atoms with Gasteiger partial charge in [0.2, 0.25) is 5.82 Å². The molecule has 1 aliphatic rings. The van der Waals surface area contributed by atoms with Crippen molar-refractivity contribution in [3.63, 3.8) is 0 Å². The number of hydrogen-bond donors (Lipinski definition) is 1. The van der Waals surface area contributed by atoms with E-state index in [1.54, 1.807) is 23.0 Å². The summed E-state index contributed by atoms with van der Waals surface area (Å²) in [5.74, 6) is 1.39. The number of benzene rings is 2. The summed E-state index contributed by atoms with van der Waals surface area (Å²) >= 11 is 0. The lowest BCUT2D eigenvalue weighted by molar-refractivity contribution is 0.0950. The fourth-order valence-corrected chi connectivity index (χ4v) is 3.93. The molecule has 1 saturated carbocycles. The van der Waals surface area contributed by atoms with Crippen molar-refractivity contribution in [1.82, 2.24) is 19.7 Å². The molecule has 2 aromatic heterocycles. The summed E-state index contributed by atoms with van der Waals surface area (Å²) in [6.07, 6.45) is 3.48. The zero-order valence-electron chi connectivity index (χ0n) is 17.8. The van der Waals surface area contributed by atoms with Crippen molar-refractivity contribution in [2.45, 2.75) is 32.4 Å². The maximum atomic E-state index is 13.1. The van der Waals surface area contributed by atoms with E-state index in [2.05, 4.69) is 10.4 Å². The van der Waals surface area contributed by atoms with Gasteiger partial charge in [0.15, 0.2) is 5.76 Å². The highest BCUT2D eigenvalue weighted by molar-refractivity contribution is 6.09. The van der Waals surface area contributed by atoms with Crippen molar-refractivity contribution < 1.29 is 13.9 Å². The number of furan rings is 1. The van der Waals surface area contributed by atoms with Gasteiger partial charge in [-0.15, -0.1) is 5.10 Å². The van der Waals surface area contributed by atoms with E-state index < -0.39 is 0 Å². The van der Waals surface area contributed by atoms with Crippen LogP contribution >= 0.6 is 0 Å². The van der Waals surface area contributed by atoms with Crippen LogP contribution in [0.4, 0.5) is 0 Å². The Kier molecular flexibility index (Phi) is 5.26. The SMILES string of the molecule is CCOc1ccc2ccccc2c1C(=O)NCCn1nc(-c2ccco2)n(C2CC2)c1=O. The van der Waals surface area contributed by atoms with Crippen LogP contribution in [0.2, 0.25) is 0 Å². The second-order valence-corrected chi connectivity index (χ2v) is 7.76. The largest absolute Gasteiger partial charge is 0.493 e. The standard InChI is InChI=1S/C24H24N4O4/c1-2-31-19-12-9-16-6-3-4-7-18(16)21(19)23(29)25-13-14-27-24(30)28(17-10-11-17)22(26-27)20-8-5-15-32-20/h3-9,12,15,17H,2,10-11,13-14H2,1H3,(H,25,29). The Labute approximate surface area is 184 Å². The highest BCUT2D eigenvalue weighted by Crippen LogP contribution is 2.36. The third-order valence-electron chi connectivity index (χ3n) is 5.55. The smallest absolute Gasteiger partial charge is 0.346 e. The topological polar surface area (TPSA) is 91.3 Å². The zero-order chi connectivity index (χ0) is 22.1. The molecule has 1 N–H and O–H groups in total. The third kappa shape index (κ3) is 3.68. The number of nitrogens with zero attached hydrogens (tertiary/aromatic N) is 3. The van der Waals surface area contributed by atoms with Gasteiger partial charge in [0.05, 0.1) is 25.0 Å². The number of carbonyl (C=O) groups is 1. The van der Waals surface area contributed by atoms with Gasteiger partial charge in [-0.1, -0.05) is 30.3 Å². The van der Waals surface area contributed by atoms with Gasteiger partial charge in [0, 0.05) is 12.6 Å². The molecule has 0 bridgehead atoms. The predicted molar refractivity (Wildman–Crippen MR) is 120 cm³/mol. The Balaban J connectivity index is 1.37. The second-order valence-electron chi connectivity index (χ2n) is 7.76. The van der Waals surface area contributed by atoms with E-state index in [1.165, 1.54) is 4.68 Å². The molecule has 32 heavy (non-hydrogen) atoms. The first kappa shape index (κ1) is 20.1. The molecule has 5 rings (SSSR count). The molecule has 0 saturated heterocycles. The van der Waals surface area contributed by atoms with E-state index >= 15 is 0 Å². The van der Waals surface area contributed by atoms with Crippen LogP contribution in [0.1, 0.15) is 36.2 Å². The van der Waals surface area contributed by atoms with E-state index in [9.17, 15) is 9.59 Å². The molecule has 1 aliphatic carbocycles. The highest BCUT2D eigenvalue weighted by atomic mass is 16.5. The number of aromatic nitrogens is 3. The molecule has 8 nitrogen and oxygen atoms in total. The van der Waals surface area contributed by atoms with E-state index in [0.717, 1.165) is 23.6 Å². The fourth-order valence-electron chi connectivity index (χ4n) is 3.93. The number of rotatable bonds is 8. The van der Waals surface area contributed by atoms with Crippen molar-refractivity contribution in [3.05, 3.63) is 70.8 Å². The quantitative estimate of drug-likeness (QED) is 0.459. The van der Waals surface area contributed by atoms with Crippen LogP contribution in [0.25, 0.3) is 22.4 Å². The Morgan fingerprint density at radius 2 is 2.03 bits per heavy atom. The molecular weight excluding hydrogens is 408 g/mol. The van der Waals surface area contributed by atoms with Crippen LogP contribution in [0.3, 0.4) is 0 Å². The lowest BCUT2D eigenvalue weighted by Gasteiger charge is -2.13. The van der Waals surface area contributed by atoms with Crippen LogP contribution < -0.4 is 15.7 Å². The lowest BCUT2D eigenvalue weighted by atomic mass is 10.0. The normalized spacial score (nSPS) is 13.4. The van der Waals surface area contributed by atoms with Crippen LogP contribution in [0.15, 0.2) is 64.0 Å². The second kappa shape index (κ2) is 8.37. The van der Waals surface area contributed by atoms with Crippen LogP contribution in [0.5, 0.6) is 5.75 Å². The molecule has 0 atom stereocenters. The number of nitrogens with one attached hydrogen (secondary N) is 1. The molecule has 1 amide bonds. The van der Waals surface area contributed by atoms with Gasteiger partial charge in [0.25, 0.3) is 5.91 Å². The number of fused-ring (bicyclic) bond motifs is 1. The average molecular weight is 432 g/mol. The molecule has 8 heteroatoms. The molecule has 164 valence electrons. The van der Waals surface area contributed by atoms with Crippen molar-refractivity contribution in [2.24, 2.45) is 0 Å². The van der Waals surface area contributed by atoms with Gasteiger partial charge < -0.3 is 14.5 Å². The Morgan fingerprint density at radius 3 is 2.78 bits per heavy atom. The van der Waals surface area contributed by atoms with E-state index in [1.807, 2.05) is 43.3 Å². The van der Waals surface area contributed by atoms with Crippen molar-refractivity contribution >= 4 is 16.7 Å². The van der Waals surface area contributed by atoms with Gasteiger partial charge in [-0.3, -0.25) is 9.36 Å². The molecule has 2 heterocycles. The maximum Gasteiger partial charge on any atom is 0.346 e. The van der Waals surface area contributed by atoms with Gasteiger partial charge in [-0.25, -0.2) is 9.48 Å². The Bertz CT molecular complexity index is 1320. The molecule has 0 spiro atoms. The van der Waals surface area contributed by atoms with Crippen molar-refractivity contribution in [2.75, 3.05) is 13.2 Å². The highest BCUT2D eigenvalue weighted by Gasteiger charge is 2.31. The van der Waals surface area contributed by atoms with E-state index in [-0.39, 0.29) is 30.7 Å². The summed E-state index contributed by atoms with van der Waals surface area (Å²) in [5.41, 5.74) is 0.311. The molecule has 2 aromatic carbocycles. The molecule has 0 aliphatic heterocycles. The maximum absolute atomic E-state index is 13.1. The molecule has 4 aromatic rings. The van der Waals surface area contributed by atoms with Crippen molar-refractivity contribution in [1.29, 1.82) is 0 Å². The third-order valence-corrected chi connectivity index (χ3v) is 5.55. The first-order chi connectivity index (χ1) is 15.7. The summed E-state index contributed by atoms with van der Waals surface area (Å²) in [6, 6.07) is 15.2. The van der Waals surface area contributed by atoms with Crippen LogP contribution in [0, 0.1) is 0 Å². The summed E-state index contributed by atoms with van der Waals surface area (Å²) < 4.78 is 14.3. The molecule has 0 unspecified atom stereocenters. The fraction of sp³-hybridized carbons (Fsp3) is 0.292. The number of hydrogen-bond acceptors (Lipinski definition) is 5. The molecule has 1 fully saturated rings. The van der Waals surface area contributed by atoms with Gasteiger partial charge >= 0.3 is 5.69 Å². The van der Waals surface area contributed by atoms with E-state index in [0.29, 0.717) is 29.5 Å². The number of ether oxygens (including phenoxy) is 1. The Hall–Kier alpha value is -3.81. The first-order valence-electron chi connectivity index (χ1n) is 10.8. The lowest BCUT2D eigenvalue weighted by Crippen LogP contribution is -2.32. The summed E-state index contributed by atoms with van der Waals surface area (Å²) in [7, 11) is 0. The molecule has 0 radical (unpaired) electrons. The number of amides is 1. The van der Waals surface area contributed by atoms with Crippen LogP contribution in [-0.2, 0) is 6.54 Å². The minimum atomic E-state index is -0.244. The minimum Gasteiger partial charge on any atom is -0.493 e. The number of carbonyl (C=O) groups excluding carboxylic acids is 1. The molecular formula is C24H24N4O4. The van der Waals surface area contributed by atoms with Crippen LogP contribution in [-0.4, -0.2) is 33.4 Å². The zero-order valence-corrected chi connectivity index (χ0v) is 17.8.